The van der Waals surface area contributed by atoms with Crippen LogP contribution < -0.4 is 5.32 Å². The summed E-state index contributed by atoms with van der Waals surface area (Å²) in [6.45, 7) is 3.93. The lowest BCUT2D eigenvalue weighted by atomic mass is 9.80. The van der Waals surface area contributed by atoms with Crippen LogP contribution in [0.5, 0.6) is 0 Å². The summed E-state index contributed by atoms with van der Waals surface area (Å²) >= 11 is 0. The monoisotopic (exact) mass is 319 g/mol. The van der Waals surface area contributed by atoms with Crippen molar-refractivity contribution < 1.29 is 19.4 Å². The minimum Gasteiger partial charge on any atom is -0.480 e. The fourth-order valence-corrected chi connectivity index (χ4v) is 3.19. The Labute approximate surface area is 137 Å². The standard InChI is InChI=1S/C18H25NO4/c1-12-4-5-13(2)14(10-12)11-16(20)19-18(17(21)22)8-6-15(23-3)7-9-18/h4-5,10,15H,6-9,11H2,1-3H3,(H,19,20)(H,21,22). The van der Waals surface area contributed by atoms with Crippen LogP contribution >= 0.6 is 0 Å². The van der Waals surface area contributed by atoms with Crippen molar-refractivity contribution in [3.63, 3.8) is 0 Å². The number of benzene rings is 1. The predicted molar refractivity (Wildman–Crippen MR) is 87.4 cm³/mol. The topological polar surface area (TPSA) is 75.6 Å². The zero-order valence-corrected chi connectivity index (χ0v) is 14.0. The Hall–Kier alpha value is -1.88. The van der Waals surface area contributed by atoms with E-state index < -0.39 is 11.5 Å². The average molecular weight is 319 g/mol. The summed E-state index contributed by atoms with van der Waals surface area (Å²) in [5, 5.41) is 12.4. The normalized spacial score (nSPS) is 24.2. The second-order valence-corrected chi connectivity index (χ2v) is 6.48. The zero-order valence-electron chi connectivity index (χ0n) is 14.0. The molecular formula is C18H25NO4. The van der Waals surface area contributed by atoms with Crippen molar-refractivity contribution >= 4 is 11.9 Å². The lowest BCUT2D eigenvalue weighted by molar-refractivity contribution is -0.150. The molecule has 0 atom stereocenters. The molecule has 1 aromatic carbocycles. The van der Waals surface area contributed by atoms with Crippen molar-refractivity contribution in [3.05, 3.63) is 34.9 Å². The van der Waals surface area contributed by atoms with Crippen molar-refractivity contribution in [3.8, 4) is 0 Å². The molecule has 2 rings (SSSR count). The molecule has 1 aromatic rings. The molecule has 5 nitrogen and oxygen atoms in total. The maximum absolute atomic E-state index is 12.4. The van der Waals surface area contributed by atoms with Gasteiger partial charge in [0.05, 0.1) is 12.5 Å². The van der Waals surface area contributed by atoms with Crippen molar-refractivity contribution in [2.45, 2.75) is 57.6 Å². The van der Waals surface area contributed by atoms with Crippen molar-refractivity contribution in [2.75, 3.05) is 7.11 Å². The number of aliphatic carboxylic acids is 1. The number of carbonyl (C=O) groups is 2. The van der Waals surface area contributed by atoms with Gasteiger partial charge in [0.1, 0.15) is 5.54 Å². The summed E-state index contributed by atoms with van der Waals surface area (Å²) in [7, 11) is 1.64. The van der Waals surface area contributed by atoms with Gasteiger partial charge in [-0.2, -0.15) is 0 Å². The van der Waals surface area contributed by atoms with E-state index >= 15 is 0 Å². The summed E-state index contributed by atoms with van der Waals surface area (Å²) < 4.78 is 5.29. The minimum absolute atomic E-state index is 0.0818. The maximum Gasteiger partial charge on any atom is 0.329 e. The van der Waals surface area contributed by atoms with E-state index in [0.717, 1.165) is 16.7 Å². The lowest BCUT2D eigenvalue weighted by Gasteiger charge is -2.37. The fourth-order valence-electron chi connectivity index (χ4n) is 3.19. The second-order valence-electron chi connectivity index (χ2n) is 6.48. The molecule has 23 heavy (non-hydrogen) atoms. The molecule has 1 fully saturated rings. The van der Waals surface area contributed by atoms with Gasteiger partial charge in [0.25, 0.3) is 0 Å². The Morgan fingerprint density at radius 3 is 2.52 bits per heavy atom. The summed E-state index contributed by atoms with van der Waals surface area (Å²) in [4.78, 5) is 24.1. The van der Waals surface area contributed by atoms with Gasteiger partial charge in [-0.25, -0.2) is 4.79 Å². The highest BCUT2D eigenvalue weighted by atomic mass is 16.5. The fraction of sp³-hybridized carbons (Fsp3) is 0.556. The van der Waals surface area contributed by atoms with Crippen molar-refractivity contribution in [1.29, 1.82) is 0 Å². The smallest absolute Gasteiger partial charge is 0.329 e. The Bertz CT molecular complexity index is 589. The maximum atomic E-state index is 12.4. The highest BCUT2D eigenvalue weighted by Crippen LogP contribution is 2.30. The highest BCUT2D eigenvalue weighted by molar-refractivity contribution is 5.88. The molecule has 0 heterocycles. The van der Waals surface area contributed by atoms with Crippen LogP contribution in [0.2, 0.25) is 0 Å². The van der Waals surface area contributed by atoms with E-state index in [1.165, 1.54) is 0 Å². The number of amides is 1. The van der Waals surface area contributed by atoms with Gasteiger partial charge in [0.15, 0.2) is 0 Å². The third kappa shape index (κ3) is 4.10. The van der Waals surface area contributed by atoms with Crippen LogP contribution in [0.1, 0.15) is 42.4 Å². The number of aryl methyl sites for hydroxylation is 2. The van der Waals surface area contributed by atoms with Crippen LogP contribution in [0.15, 0.2) is 18.2 Å². The minimum atomic E-state index is -1.16. The van der Waals surface area contributed by atoms with Gasteiger partial charge in [0.2, 0.25) is 5.91 Å². The quantitative estimate of drug-likeness (QED) is 0.873. The Kier molecular flexibility index (Phi) is 5.42. The first kappa shape index (κ1) is 17.5. The molecule has 5 heteroatoms. The van der Waals surface area contributed by atoms with Crippen LogP contribution in [0.4, 0.5) is 0 Å². The number of hydrogen-bond acceptors (Lipinski definition) is 3. The van der Waals surface area contributed by atoms with Crippen molar-refractivity contribution in [2.24, 2.45) is 0 Å². The van der Waals surface area contributed by atoms with Gasteiger partial charge in [-0.3, -0.25) is 4.79 Å². The molecule has 0 aliphatic heterocycles. The molecule has 126 valence electrons. The molecule has 1 saturated carbocycles. The molecule has 2 N–H and O–H groups in total. The summed E-state index contributed by atoms with van der Waals surface area (Å²) in [5.74, 6) is -1.20. The van der Waals surface area contributed by atoms with Gasteiger partial charge in [-0.1, -0.05) is 23.8 Å². The number of carboxylic acid groups (broad SMARTS) is 1. The van der Waals surface area contributed by atoms with E-state index in [2.05, 4.69) is 5.32 Å². The van der Waals surface area contributed by atoms with Gasteiger partial charge in [-0.15, -0.1) is 0 Å². The molecule has 1 amide bonds. The molecule has 1 aliphatic rings. The zero-order chi connectivity index (χ0) is 17.0. The average Bonchev–Trinajstić information content (AvgIpc) is 2.51. The summed E-state index contributed by atoms with van der Waals surface area (Å²) in [5.41, 5.74) is 1.91. The first-order valence-corrected chi connectivity index (χ1v) is 7.99. The number of hydrogen-bond donors (Lipinski definition) is 2. The number of rotatable bonds is 5. The first-order chi connectivity index (χ1) is 10.9. The molecule has 0 saturated heterocycles. The van der Waals surface area contributed by atoms with Crippen LogP contribution in [0.3, 0.4) is 0 Å². The van der Waals surface area contributed by atoms with E-state index in [0.29, 0.717) is 25.7 Å². The molecule has 0 unspecified atom stereocenters. The molecule has 0 spiro atoms. The van der Waals surface area contributed by atoms with Gasteiger partial charge >= 0.3 is 5.97 Å². The van der Waals surface area contributed by atoms with Gasteiger partial charge in [0, 0.05) is 7.11 Å². The highest BCUT2D eigenvalue weighted by Gasteiger charge is 2.43. The molecule has 1 aliphatic carbocycles. The van der Waals surface area contributed by atoms with E-state index in [9.17, 15) is 14.7 Å². The number of carbonyl (C=O) groups excluding carboxylic acids is 1. The Morgan fingerprint density at radius 1 is 1.30 bits per heavy atom. The molecule has 0 bridgehead atoms. The third-order valence-corrected chi connectivity index (χ3v) is 4.76. The summed E-state index contributed by atoms with van der Waals surface area (Å²) in [6, 6.07) is 5.96. The molecular weight excluding hydrogens is 294 g/mol. The van der Waals surface area contributed by atoms with E-state index in [1.807, 2.05) is 32.0 Å². The van der Waals surface area contributed by atoms with Gasteiger partial charge < -0.3 is 15.2 Å². The van der Waals surface area contributed by atoms with Crippen LogP contribution in [0, 0.1) is 13.8 Å². The van der Waals surface area contributed by atoms with Crippen LogP contribution in [-0.2, 0) is 20.7 Å². The Balaban J connectivity index is 2.07. The molecule has 0 aromatic heterocycles. The third-order valence-electron chi connectivity index (χ3n) is 4.76. The van der Waals surface area contributed by atoms with E-state index in [4.69, 9.17) is 4.74 Å². The van der Waals surface area contributed by atoms with E-state index in [1.54, 1.807) is 7.11 Å². The largest absolute Gasteiger partial charge is 0.480 e. The number of nitrogens with one attached hydrogen (secondary N) is 1. The lowest BCUT2D eigenvalue weighted by Crippen LogP contribution is -2.57. The van der Waals surface area contributed by atoms with E-state index in [-0.39, 0.29) is 18.4 Å². The van der Waals surface area contributed by atoms with Crippen molar-refractivity contribution in [1.82, 2.24) is 5.32 Å². The summed E-state index contributed by atoms with van der Waals surface area (Å²) in [6.07, 6.45) is 2.38. The predicted octanol–water partition coefficient (Wildman–Crippen LogP) is 2.37. The van der Waals surface area contributed by atoms with Crippen LogP contribution in [0.25, 0.3) is 0 Å². The first-order valence-electron chi connectivity index (χ1n) is 7.99. The molecule has 0 radical (unpaired) electrons. The second kappa shape index (κ2) is 7.13. The van der Waals surface area contributed by atoms with Gasteiger partial charge in [-0.05, 0) is 50.7 Å². The number of carboxylic acids is 1. The Morgan fingerprint density at radius 2 is 1.96 bits per heavy atom. The number of methoxy groups -OCH3 is 1. The SMILES string of the molecule is COC1CCC(NC(=O)Cc2cc(C)ccc2C)(C(=O)O)CC1. The number of ether oxygens (including phenoxy) is 1. The van der Waals surface area contributed by atoms with Crippen LogP contribution in [-0.4, -0.2) is 35.7 Å².